The van der Waals surface area contributed by atoms with Gasteiger partial charge in [0.1, 0.15) is 5.69 Å². The molecule has 3 rings (SSSR count). The van der Waals surface area contributed by atoms with Crippen molar-refractivity contribution in [1.29, 1.82) is 0 Å². The number of aromatic nitrogens is 5. The number of hydrogen-bond donors (Lipinski definition) is 2. The van der Waals surface area contributed by atoms with E-state index in [0.29, 0.717) is 11.8 Å². The van der Waals surface area contributed by atoms with Crippen LogP contribution in [0.25, 0.3) is 11.5 Å². The van der Waals surface area contributed by atoms with Crippen molar-refractivity contribution in [3.8, 4) is 11.5 Å². The number of nitrogens with one attached hydrogen (secondary N) is 1. The fraction of sp³-hybridized carbons (Fsp3) is 0.500. The Morgan fingerprint density at radius 3 is 3.19 bits per heavy atom. The maximum Gasteiger partial charge on any atom is 0.245 e. The van der Waals surface area contributed by atoms with Crippen molar-refractivity contribution in [2.45, 2.75) is 12.5 Å². The van der Waals surface area contributed by atoms with Gasteiger partial charge < -0.3 is 10.6 Å². The molecule has 3 heterocycles. The third-order valence-electron chi connectivity index (χ3n) is 2.58. The van der Waals surface area contributed by atoms with Crippen molar-refractivity contribution < 1.29 is 0 Å². The lowest BCUT2D eigenvalue weighted by Crippen LogP contribution is -2.26. The van der Waals surface area contributed by atoms with Gasteiger partial charge in [0.05, 0.1) is 0 Å². The van der Waals surface area contributed by atoms with Gasteiger partial charge in [0.25, 0.3) is 0 Å². The Labute approximate surface area is 95.8 Å². The molecule has 1 unspecified atom stereocenters. The fourth-order valence-electron chi connectivity index (χ4n) is 1.75. The van der Waals surface area contributed by atoms with Gasteiger partial charge in [0.15, 0.2) is 5.82 Å². The Morgan fingerprint density at radius 1 is 1.56 bits per heavy atom. The molecule has 2 aromatic heterocycles. The standard InChI is InChI=1S/C8H11N7S/c9-5-1-2-15(3-5)8-10-7(12-13-8)6-4-16-14-11-6/h4-5H,1-3,9H2,(H,10,12,13). The van der Waals surface area contributed by atoms with Crippen LogP contribution in [-0.2, 0) is 0 Å². The van der Waals surface area contributed by atoms with Crippen molar-refractivity contribution >= 4 is 17.5 Å². The minimum Gasteiger partial charge on any atom is -0.338 e. The summed E-state index contributed by atoms with van der Waals surface area (Å²) in [5.41, 5.74) is 6.56. The summed E-state index contributed by atoms with van der Waals surface area (Å²) in [6.07, 6.45) is 0.988. The summed E-state index contributed by atoms with van der Waals surface area (Å²) in [6.45, 7) is 1.72. The van der Waals surface area contributed by atoms with Crippen LogP contribution in [0.3, 0.4) is 0 Å². The average molecular weight is 237 g/mol. The van der Waals surface area contributed by atoms with Crippen LogP contribution in [0.1, 0.15) is 6.42 Å². The van der Waals surface area contributed by atoms with Crippen LogP contribution >= 0.6 is 11.5 Å². The highest BCUT2D eigenvalue weighted by molar-refractivity contribution is 7.03. The largest absolute Gasteiger partial charge is 0.338 e. The SMILES string of the molecule is NC1CCN(c2n[nH]c(-c3csnn3)n2)C1. The molecule has 1 fully saturated rings. The third kappa shape index (κ3) is 1.65. The highest BCUT2D eigenvalue weighted by Gasteiger charge is 2.22. The van der Waals surface area contributed by atoms with E-state index in [-0.39, 0.29) is 6.04 Å². The molecule has 16 heavy (non-hydrogen) atoms. The molecule has 0 aromatic carbocycles. The number of nitrogens with zero attached hydrogens (tertiary/aromatic N) is 5. The van der Waals surface area contributed by atoms with E-state index in [1.165, 1.54) is 11.5 Å². The third-order valence-corrected chi connectivity index (χ3v) is 3.09. The van der Waals surface area contributed by atoms with Crippen molar-refractivity contribution in [2.24, 2.45) is 5.73 Å². The molecule has 84 valence electrons. The molecule has 0 aliphatic carbocycles. The molecule has 1 atom stereocenters. The molecule has 0 spiro atoms. The Balaban J connectivity index is 1.83. The Morgan fingerprint density at radius 2 is 2.50 bits per heavy atom. The predicted octanol–water partition coefficient (Wildman–Crippen LogP) is -0.139. The zero-order valence-corrected chi connectivity index (χ0v) is 9.31. The number of nitrogens with two attached hydrogens (primary N) is 1. The van der Waals surface area contributed by atoms with E-state index in [9.17, 15) is 0 Å². The molecule has 0 bridgehead atoms. The zero-order chi connectivity index (χ0) is 11.0. The Bertz CT molecular complexity index is 464. The first-order valence-corrected chi connectivity index (χ1v) is 5.87. The van der Waals surface area contributed by atoms with Crippen molar-refractivity contribution in [1.82, 2.24) is 24.8 Å². The van der Waals surface area contributed by atoms with E-state index < -0.39 is 0 Å². The highest BCUT2D eigenvalue weighted by atomic mass is 32.1. The van der Waals surface area contributed by atoms with Crippen LogP contribution in [0.4, 0.5) is 5.95 Å². The van der Waals surface area contributed by atoms with Gasteiger partial charge in [-0.2, -0.15) is 4.98 Å². The summed E-state index contributed by atoms with van der Waals surface area (Å²) in [5, 5.41) is 12.8. The molecule has 1 aliphatic heterocycles. The van der Waals surface area contributed by atoms with Gasteiger partial charge in [-0.3, -0.25) is 5.10 Å². The van der Waals surface area contributed by atoms with Gasteiger partial charge in [-0.05, 0) is 18.0 Å². The van der Waals surface area contributed by atoms with Crippen LogP contribution in [0.5, 0.6) is 0 Å². The summed E-state index contributed by atoms with van der Waals surface area (Å²) in [6, 6.07) is 0.225. The summed E-state index contributed by atoms with van der Waals surface area (Å²) in [7, 11) is 0. The monoisotopic (exact) mass is 237 g/mol. The minimum atomic E-state index is 0.225. The number of aromatic amines is 1. The van der Waals surface area contributed by atoms with E-state index >= 15 is 0 Å². The number of rotatable bonds is 2. The van der Waals surface area contributed by atoms with Gasteiger partial charge in [0.2, 0.25) is 5.95 Å². The van der Waals surface area contributed by atoms with Gasteiger partial charge in [-0.25, -0.2) is 0 Å². The topological polar surface area (TPSA) is 96.6 Å². The summed E-state index contributed by atoms with van der Waals surface area (Å²) in [4.78, 5) is 6.45. The second-order valence-corrected chi connectivity index (χ2v) is 4.38. The second-order valence-electron chi connectivity index (χ2n) is 3.77. The molecular formula is C8H11N7S. The molecule has 2 aromatic rings. The lowest BCUT2D eigenvalue weighted by Gasteiger charge is -2.11. The summed E-state index contributed by atoms with van der Waals surface area (Å²) >= 11 is 1.29. The highest BCUT2D eigenvalue weighted by Crippen LogP contribution is 2.19. The summed E-state index contributed by atoms with van der Waals surface area (Å²) in [5.74, 6) is 1.35. The second kappa shape index (κ2) is 3.80. The minimum absolute atomic E-state index is 0.225. The maximum atomic E-state index is 5.84. The molecule has 1 aliphatic rings. The van der Waals surface area contributed by atoms with Crippen LogP contribution < -0.4 is 10.6 Å². The van der Waals surface area contributed by atoms with Crippen molar-refractivity contribution in [3.63, 3.8) is 0 Å². The first kappa shape index (κ1) is 9.67. The normalized spacial score (nSPS) is 20.6. The van der Waals surface area contributed by atoms with Gasteiger partial charge >= 0.3 is 0 Å². The lowest BCUT2D eigenvalue weighted by atomic mass is 10.3. The van der Waals surface area contributed by atoms with E-state index in [2.05, 4.69) is 29.7 Å². The lowest BCUT2D eigenvalue weighted by molar-refractivity contribution is 0.750. The number of anilines is 1. The first-order chi connectivity index (χ1) is 7.83. The van der Waals surface area contributed by atoms with Crippen LogP contribution in [0, 0.1) is 0 Å². The fourth-order valence-corrected chi connectivity index (χ4v) is 2.19. The van der Waals surface area contributed by atoms with E-state index in [1.807, 2.05) is 5.38 Å². The maximum absolute atomic E-state index is 5.84. The zero-order valence-electron chi connectivity index (χ0n) is 8.50. The van der Waals surface area contributed by atoms with Crippen molar-refractivity contribution in [3.05, 3.63) is 5.38 Å². The molecule has 0 amide bonds. The molecular weight excluding hydrogens is 226 g/mol. The molecule has 0 saturated carbocycles. The molecule has 1 saturated heterocycles. The Hall–Kier alpha value is -1.54. The van der Waals surface area contributed by atoms with Crippen molar-refractivity contribution in [2.75, 3.05) is 18.0 Å². The van der Waals surface area contributed by atoms with Gasteiger partial charge in [0, 0.05) is 24.5 Å². The van der Waals surface area contributed by atoms with Gasteiger partial charge in [-0.1, -0.05) is 4.49 Å². The molecule has 0 radical (unpaired) electrons. The average Bonchev–Trinajstić information content (AvgIpc) is 2.97. The smallest absolute Gasteiger partial charge is 0.245 e. The van der Waals surface area contributed by atoms with Crippen LogP contribution in [0.2, 0.25) is 0 Å². The van der Waals surface area contributed by atoms with Crippen LogP contribution in [-0.4, -0.2) is 43.9 Å². The molecule has 8 heteroatoms. The van der Waals surface area contributed by atoms with E-state index in [0.717, 1.165) is 25.2 Å². The van der Waals surface area contributed by atoms with Crippen LogP contribution in [0.15, 0.2) is 5.38 Å². The number of H-pyrrole nitrogens is 1. The quantitative estimate of drug-likeness (QED) is 0.754. The first-order valence-electron chi connectivity index (χ1n) is 5.03. The van der Waals surface area contributed by atoms with E-state index in [1.54, 1.807) is 0 Å². The summed E-state index contributed by atoms with van der Waals surface area (Å²) < 4.78 is 3.79. The molecule has 3 N–H and O–H groups in total. The number of hydrogen-bond acceptors (Lipinski definition) is 7. The van der Waals surface area contributed by atoms with E-state index in [4.69, 9.17) is 5.73 Å². The molecule has 7 nitrogen and oxygen atoms in total. The predicted molar refractivity (Wildman–Crippen MR) is 60.1 cm³/mol. The Kier molecular flexibility index (Phi) is 2.29. The van der Waals surface area contributed by atoms with Gasteiger partial charge in [-0.15, -0.1) is 10.2 Å².